The van der Waals surface area contributed by atoms with E-state index < -0.39 is 23.0 Å². The van der Waals surface area contributed by atoms with E-state index in [-0.39, 0.29) is 11.3 Å². The first-order valence-electron chi connectivity index (χ1n) is 5.10. The van der Waals surface area contributed by atoms with Crippen LogP contribution in [0.1, 0.15) is 10.4 Å². The molecule has 106 valence electrons. The van der Waals surface area contributed by atoms with E-state index in [1.54, 1.807) is 11.4 Å². The van der Waals surface area contributed by atoms with Crippen LogP contribution in [-0.4, -0.2) is 24.9 Å². The van der Waals surface area contributed by atoms with Crippen molar-refractivity contribution in [1.82, 2.24) is 0 Å². The van der Waals surface area contributed by atoms with Gasteiger partial charge in [-0.1, -0.05) is 0 Å². The van der Waals surface area contributed by atoms with Gasteiger partial charge in [0.15, 0.2) is 0 Å². The Morgan fingerprint density at radius 1 is 1.40 bits per heavy atom. The van der Waals surface area contributed by atoms with Crippen LogP contribution in [0.2, 0.25) is 0 Å². The number of anilines is 2. The Morgan fingerprint density at radius 2 is 2.10 bits per heavy atom. The highest BCUT2D eigenvalue weighted by atomic mass is 79.9. The van der Waals surface area contributed by atoms with E-state index in [1.807, 2.05) is 0 Å². The molecule has 0 aliphatic rings. The SMILES string of the molecule is O=C(O)c1ccc(N(c2sccc2Br)S(=O)[O-])cc1O. The zero-order chi connectivity index (χ0) is 14.9. The van der Waals surface area contributed by atoms with Gasteiger partial charge in [0.05, 0.1) is 21.4 Å². The maximum absolute atomic E-state index is 11.4. The minimum atomic E-state index is -2.61. The normalized spacial score (nSPS) is 12.1. The lowest BCUT2D eigenvalue weighted by Gasteiger charge is -2.25. The van der Waals surface area contributed by atoms with Crippen LogP contribution in [0.4, 0.5) is 10.7 Å². The molecule has 0 spiro atoms. The van der Waals surface area contributed by atoms with E-state index >= 15 is 0 Å². The van der Waals surface area contributed by atoms with Crippen molar-refractivity contribution in [3.63, 3.8) is 0 Å². The predicted molar refractivity (Wildman–Crippen MR) is 78.1 cm³/mol. The van der Waals surface area contributed by atoms with Crippen molar-refractivity contribution in [3.8, 4) is 5.75 Å². The molecule has 6 nitrogen and oxygen atoms in total. The van der Waals surface area contributed by atoms with Crippen molar-refractivity contribution in [2.75, 3.05) is 4.31 Å². The standard InChI is InChI=1S/C11H8BrNO5S2/c12-8-3-4-19-10(8)13(20(17)18)6-1-2-7(11(15)16)9(14)5-6/h1-5,14H,(H,15,16)(H,17,18)/p-1. The van der Waals surface area contributed by atoms with E-state index in [0.29, 0.717) is 9.47 Å². The van der Waals surface area contributed by atoms with E-state index in [0.717, 1.165) is 16.4 Å². The molecule has 1 aromatic heterocycles. The van der Waals surface area contributed by atoms with Gasteiger partial charge >= 0.3 is 5.97 Å². The van der Waals surface area contributed by atoms with Crippen molar-refractivity contribution >= 4 is 55.2 Å². The Morgan fingerprint density at radius 3 is 2.55 bits per heavy atom. The number of carboxylic acids is 1. The van der Waals surface area contributed by atoms with Crippen LogP contribution in [0.25, 0.3) is 0 Å². The molecule has 0 saturated heterocycles. The lowest BCUT2D eigenvalue weighted by Crippen LogP contribution is -2.18. The number of thiophene rings is 1. The van der Waals surface area contributed by atoms with E-state index in [4.69, 9.17) is 5.11 Å². The smallest absolute Gasteiger partial charge is 0.339 e. The molecule has 2 rings (SSSR count). The van der Waals surface area contributed by atoms with Crippen LogP contribution in [0.15, 0.2) is 34.1 Å². The highest BCUT2D eigenvalue weighted by Gasteiger charge is 2.18. The number of carboxylic acid groups (broad SMARTS) is 1. The van der Waals surface area contributed by atoms with Gasteiger partial charge in [-0.3, -0.25) is 8.51 Å². The number of halogens is 1. The minimum Gasteiger partial charge on any atom is -0.755 e. The fourth-order valence-corrected chi connectivity index (χ4v) is 3.96. The molecule has 0 radical (unpaired) electrons. The molecule has 2 aromatic rings. The summed E-state index contributed by atoms with van der Waals surface area (Å²) < 4.78 is 24.3. The number of phenols is 1. The molecular weight excluding hydrogens is 370 g/mol. The Bertz CT molecular complexity index is 687. The second-order valence-corrected chi connectivity index (χ2v) is 6.14. The molecule has 1 atom stereocenters. The summed E-state index contributed by atoms with van der Waals surface area (Å²) in [5.41, 5.74) is -0.153. The third-order valence-corrected chi connectivity index (χ3v) is 4.99. The molecule has 0 saturated carbocycles. The topological polar surface area (TPSA) is 101 Å². The number of hydrogen-bond acceptors (Lipinski definition) is 5. The van der Waals surface area contributed by atoms with Gasteiger partial charge in [-0.15, -0.1) is 11.3 Å². The van der Waals surface area contributed by atoms with Gasteiger partial charge in [0, 0.05) is 6.07 Å². The van der Waals surface area contributed by atoms with Gasteiger partial charge in [0.2, 0.25) is 0 Å². The Labute approximate surface area is 128 Å². The largest absolute Gasteiger partial charge is 0.755 e. The fourth-order valence-electron chi connectivity index (χ4n) is 1.53. The van der Waals surface area contributed by atoms with Crippen molar-refractivity contribution in [3.05, 3.63) is 39.7 Å². The van der Waals surface area contributed by atoms with Gasteiger partial charge in [0.1, 0.15) is 16.3 Å². The number of aromatic hydroxyl groups is 1. The Hall–Kier alpha value is -1.42. The first kappa shape index (κ1) is 15.0. The fraction of sp³-hybridized carbons (Fsp3) is 0. The molecule has 1 aromatic carbocycles. The van der Waals surface area contributed by atoms with Crippen molar-refractivity contribution in [2.45, 2.75) is 0 Å². The highest BCUT2D eigenvalue weighted by molar-refractivity contribution is 9.10. The van der Waals surface area contributed by atoms with Gasteiger partial charge in [-0.05, 0) is 39.5 Å². The van der Waals surface area contributed by atoms with Crippen LogP contribution in [-0.2, 0) is 11.3 Å². The number of nitrogens with zero attached hydrogens (tertiary/aromatic N) is 1. The predicted octanol–water partition coefficient (Wildman–Crippen LogP) is 2.85. The Balaban J connectivity index is 2.52. The van der Waals surface area contributed by atoms with Crippen LogP contribution in [0, 0.1) is 0 Å². The van der Waals surface area contributed by atoms with Gasteiger partial charge in [0.25, 0.3) is 0 Å². The van der Waals surface area contributed by atoms with Gasteiger partial charge < -0.3 is 14.8 Å². The summed E-state index contributed by atoms with van der Waals surface area (Å²) >= 11 is 1.80. The molecule has 0 fully saturated rings. The number of carbonyl (C=O) groups is 1. The van der Waals surface area contributed by atoms with Crippen LogP contribution in [0.5, 0.6) is 5.75 Å². The minimum absolute atomic E-state index is 0.143. The molecule has 0 amide bonds. The monoisotopic (exact) mass is 376 g/mol. The zero-order valence-electron chi connectivity index (χ0n) is 9.65. The van der Waals surface area contributed by atoms with E-state index in [1.165, 1.54) is 17.4 Å². The molecule has 20 heavy (non-hydrogen) atoms. The number of benzene rings is 1. The lowest BCUT2D eigenvalue weighted by molar-refractivity contribution is 0.0694. The van der Waals surface area contributed by atoms with E-state index in [2.05, 4.69) is 15.9 Å². The third-order valence-electron chi connectivity index (χ3n) is 2.38. The molecule has 1 unspecified atom stereocenters. The van der Waals surface area contributed by atoms with Gasteiger partial charge in [-0.25, -0.2) is 4.79 Å². The summed E-state index contributed by atoms with van der Waals surface area (Å²) in [4.78, 5) is 10.8. The summed E-state index contributed by atoms with van der Waals surface area (Å²) in [5.74, 6) is -1.79. The van der Waals surface area contributed by atoms with Crippen molar-refractivity contribution < 1.29 is 23.8 Å². The van der Waals surface area contributed by atoms with Crippen LogP contribution < -0.4 is 4.31 Å². The lowest BCUT2D eigenvalue weighted by atomic mass is 10.2. The summed E-state index contributed by atoms with van der Waals surface area (Å²) in [7, 11) is 0. The Kier molecular flexibility index (Phi) is 4.43. The second kappa shape index (κ2) is 5.92. The summed E-state index contributed by atoms with van der Waals surface area (Å²) in [6, 6.07) is 5.23. The molecular formula is C11H7BrNO5S2-. The van der Waals surface area contributed by atoms with E-state index in [9.17, 15) is 18.7 Å². The van der Waals surface area contributed by atoms with Crippen LogP contribution in [0.3, 0.4) is 0 Å². The second-order valence-electron chi connectivity index (χ2n) is 3.59. The van der Waals surface area contributed by atoms with Crippen molar-refractivity contribution in [1.29, 1.82) is 0 Å². The first-order chi connectivity index (χ1) is 9.41. The van der Waals surface area contributed by atoms with Crippen LogP contribution >= 0.6 is 27.3 Å². The highest BCUT2D eigenvalue weighted by Crippen LogP contribution is 2.39. The molecule has 0 bridgehead atoms. The molecule has 0 aliphatic carbocycles. The average molecular weight is 377 g/mol. The molecule has 1 heterocycles. The molecule has 9 heteroatoms. The quantitative estimate of drug-likeness (QED) is 0.798. The summed E-state index contributed by atoms with van der Waals surface area (Å²) in [6.07, 6.45) is 0. The average Bonchev–Trinajstić information content (AvgIpc) is 2.75. The number of aromatic carboxylic acids is 1. The van der Waals surface area contributed by atoms with Gasteiger partial charge in [-0.2, -0.15) is 0 Å². The zero-order valence-corrected chi connectivity index (χ0v) is 12.9. The first-order valence-corrected chi connectivity index (χ1v) is 7.81. The summed E-state index contributed by atoms with van der Waals surface area (Å²) in [5, 5.41) is 20.6. The maximum atomic E-state index is 11.4. The number of hydrogen-bond donors (Lipinski definition) is 2. The molecule has 2 N–H and O–H groups in total. The maximum Gasteiger partial charge on any atom is 0.339 e. The number of rotatable bonds is 4. The molecule has 0 aliphatic heterocycles. The third kappa shape index (κ3) is 2.85. The summed E-state index contributed by atoms with van der Waals surface area (Å²) in [6.45, 7) is 0. The van der Waals surface area contributed by atoms with Crippen molar-refractivity contribution in [2.24, 2.45) is 0 Å².